The van der Waals surface area contributed by atoms with Crippen molar-refractivity contribution in [2.45, 2.75) is 13.0 Å². The third-order valence-electron chi connectivity index (χ3n) is 3.72. The number of hydrogen-bond donors (Lipinski definition) is 0. The van der Waals surface area contributed by atoms with E-state index in [-0.39, 0.29) is 0 Å². The summed E-state index contributed by atoms with van der Waals surface area (Å²) in [6, 6.07) is 17.9. The van der Waals surface area contributed by atoms with E-state index in [9.17, 15) is 4.79 Å². The van der Waals surface area contributed by atoms with Crippen LogP contribution in [0.25, 0.3) is 22.4 Å². The van der Waals surface area contributed by atoms with E-state index in [1.54, 1.807) is 18.2 Å². The molecule has 2 aromatic carbocycles. The maximum Gasteiger partial charge on any atom is 0.336 e. The van der Waals surface area contributed by atoms with E-state index in [4.69, 9.17) is 13.6 Å². The Balaban J connectivity index is 1.57. The molecule has 0 aliphatic carbocycles. The highest BCUT2D eigenvalue weighted by Gasteiger charge is 2.17. The summed E-state index contributed by atoms with van der Waals surface area (Å²) in [5.41, 5.74) is 0.913. The zero-order valence-corrected chi connectivity index (χ0v) is 13.4. The number of ether oxygens (including phenoxy) is 1. The van der Waals surface area contributed by atoms with Crippen LogP contribution in [-0.4, -0.2) is 10.2 Å². The van der Waals surface area contributed by atoms with Gasteiger partial charge in [-0.15, -0.1) is 10.2 Å². The summed E-state index contributed by atoms with van der Waals surface area (Å²) in [6.45, 7) is 1.81. The molecule has 0 radical (unpaired) electrons. The van der Waals surface area contributed by atoms with Gasteiger partial charge in [-0.3, -0.25) is 0 Å². The van der Waals surface area contributed by atoms with Crippen LogP contribution in [0.5, 0.6) is 5.75 Å². The van der Waals surface area contributed by atoms with Gasteiger partial charge in [0, 0.05) is 23.1 Å². The fourth-order valence-corrected chi connectivity index (χ4v) is 2.47. The quantitative estimate of drug-likeness (QED) is 0.525. The van der Waals surface area contributed by atoms with E-state index in [2.05, 4.69) is 10.2 Å². The Kier molecular flexibility index (Phi) is 3.78. The Morgan fingerprint density at radius 1 is 0.960 bits per heavy atom. The van der Waals surface area contributed by atoms with Crippen molar-refractivity contribution in [3.63, 3.8) is 0 Å². The van der Waals surface area contributed by atoms with Crippen molar-refractivity contribution < 1.29 is 13.6 Å². The molecule has 6 nitrogen and oxygen atoms in total. The summed E-state index contributed by atoms with van der Waals surface area (Å²) < 4.78 is 16.7. The molecule has 0 unspecified atom stereocenters. The van der Waals surface area contributed by atoms with Crippen molar-refractivity contribution in [2.24, 2.45) is 0 Å². The van der Waals surface area contributed by atoms with Gasteiger partial charge in [-0.2, -0.15) is 0 Å². The maximum atomic E-state index is 11.3. The molecule has 0 fully saturated rings. The second kappa shape index (κ2) is 6.24. The van der Waals surface area contributed by atoms with Crippen molar-refractivity contribution >= 4 is 11.0 Å². The molecule has 2 aromatic heterocycles. The molecule has 0 spiro atoms. The topological polar surface area (TPSA) is 78.4 Å². The van der Waals surface area contributed by atoms with Crippen LogP contribution in [0, 0.1) is 0 Å². The van der Waals surface area contributed by atoms with Crippen molar-refractivity contribution in [1.29, 1.82) is 0 Å². The van der Waals surface area contributed by atoms with Crippen molar-refractivity contribution in [3.8, 4) is 17.2 Å². The Labute approximate surface area is 142 Å². The first kappa shape index (κ1) is 15.1. The number of fused-ring (bicyclic) bond motifs is 1. The molecule has 0 aliphatic heterocycles. The standard InChI is InChI=1S/C19H14N2O4/c1-12(18-20-21-19(25-18)14-5-3-2-4-6-14)23-15-9-7-13-8-10-17(22)24-16(13)11-15/h2-12H,1H3/t12-/m0/s1. The smallest absolute Gasteiger partial charge is 0.336 e. The number of rotatable bonds is 4. The first-order valence-electron chi connectivity index (χ1n) is 7.78. The highest BCUT2D eigenvalue weighted by atomic mass is 16.5. The van der Waals surface area contributed by atoms with Gasteiger partial charge in [0.15, 0.2) is 6.10 Å². The number of hydrogen-bond acceptors (Lipinski definition) is 6. The van der Waals surface area contributed by atoms with E-state index in [0.717, 1.165) is 10.9 Å². The molecule has 0 aliphatic rings. The van der Waals surface area contributed by atoms with Crippen LogP contribution >= 0.6 is 0 Å². The van der Waals surface area contributed by atoms with E-state index in [1.165, 1.54) is 6.07 Å². The first-order chi connectivity index (χ1) is 12.2. The molecule has 0 saturated carbocycles. The summed E-state index contributed by atoms with van der Waals surface area (Å²) >= 11 is 0. The van der Waals surface area contributed by atoms with E-state index >= 15 is 0 Å². The van der Waals surface area contributed by atoms with E-state index in [1.807, 2.05) is 43.3 Å². The van der Waals surface area contributed by atoms with Crippen molar-refractivity contribution in [1.82, 2.24) is 10.2 Å². The molecular formula is C19H14N2O4. The normalized spacial score (nSPS) is 12.2. The molecule has 0 amide bonds. The maximum absolute atomic E-state index is 11.3. The van der Waals surface area contributed by atoms with Gasteiger partial charge in [0.05, 0.1) is 0 Å². The highest BCUT2D eigenvalue weighted by molar-refractivity contribution is 5.77. The van der Waals surface area contributed by atoms with Crippen LogP contribution in [0.4, 0.5) is 0 Å². The summed E-state index contributed by atoms with van der Waals surface area (Å²) in [4.78, 5) is 11.3. The fourth-order valence-electron chi connectivity index (χ4n) is 2.47. The Bertz CT molecular complexity index is 1070. The van der Waals surface area contributed by atoms with Crippen LogP contribution in [0.2, 0.25) is 0 Å². The minimum atomic E-state index is -0.446. The Hall–Kier alpha value is -3.41. The second-order valence-electron chi connectivity index (χ2n) is 5.53. The monoisotopic (exact) mass is 334 g/mol. The van der Waals surface area contributed by atoms with Gasteiger partial charge in [-0.25, -0.2) is 4.79 Å². The lowest BCUT2D eigenvalue weighted by molar-refractivity contribution is 0.189. The minimum Gasteiger partial charge on any atom is -0.481 e. The minimum absolute atomic E-state index is 0.369. The van der Waals surface area contributed by atoms with E-state index in [0.29, 0.717) is 23.1 Å². The van der Waals surface area contributed by atoms with Crippen molar-refractivity contribution in [2.75, 3.05) is 0 Å². The summed E-state index contributed by atoms with van der Waals surface area (Å²) in [5.74, 6) is 1.36. The molecule has 1 atom stereocenters. The Morgan fingerprint density at radius 2 is 1.76 bits per heavy atom. The van der Waals surface area contributed by atoms with Crippen LogP contribution in [-0.2, 0) is 0 Å². The van der Waals surface area contributed by atoms with Gasteiger partial charge in [0.25, 0.3) is 5.89 Å². The predicted octanol–water partition coefficient (Wildman–Crippen LogP) is 3.98. The third kappa shape index (κ3) is 3.14. The zero-order valence-electron chi connectivity index (χ0n) is 13.4. The van der Waals surface area contributed by atoms with Gasteiger partial charge in [-0.05, 0) is 37.3 Å². The van der Waals surface area contributed by atoms with Crippen molar-refractivity contribution in [3.05, 3.63) is 77.0 Å². The van der Waals surface area contributed by atoms with Gasteiger partial charge >= 0.3 is 5.63 Å². The Morgan fingerprint density at radius 3 is 2.60 bits per heavy atom. The first-order valence-corrected chi connectivity index (χ1v) is 7.78. The molecule has 6 heteroatoms. The summed E-state index contributed by atoms with van der Waals surface area (Å²) in [6.07, 6.45) is -0.446. The van der Waals surface area contributed by atoms with Crippen LogP contribution < -0.4 is 10.4 Å². The molecule has 124 valence electrons. The summed E-state index contributed by atoms with van der Waals surface area (Å²) in [7, 11) is 0. The molecule has 0 bridgehead atoms. The van der Waals surface area contributed by atoms with Crippen LogP contribution in [0.1, 0.15) is 18.9 Å². The highest BCUT2D eigenvalue weighted by Crippen LogP contribution is 2.26. The van der Waals surface area contributed by atoms with Gasteiger partial charge < -0.3 is 13.6 Å². The molecule has 4 aromatic rings. The molecule has 0 saturated heterocycles. The molecule has 0 N–H and O–H groups in total. The number of benzene rings is 2. The number of nitrogens with zero attached hydrogens (tertiary/aromatic N) is 2. The second-order valence-corrected chi connectivity index (χ2v) is 5.53. The molecular weight excluding hydrogens is 320 g/mol. The lowest BCUT2D eigenvalue weighted by Gasteiger charge is -2.11. The van der Waals surface area contributed by atoms with Crippen LogP contribution in [0.15, 0.2) is 74.3 Å². The SMILES string of the molecule is C[C@H](Oc1ccc2ccc(=O)oc2c1)c1nnc(-c2ccccc2)o1. The van der Waals surface area contributed by atoms with Gasteiger partial charge in [0.2, 0.25) is 5.89 Å². The number of aromatic nitrogens is 2. The largest absolute Gasteiger partial charge is 0.481 e. The molecule has 2 heterocycles. The molecule has 4 rings (SSSR count). The van der Waals surface area contributed by atoms with Crippen LogP contribution in [0.3, 0.4) is 0 Å². The molecule has 25 heavy (non-hydrogen) atoms. The fraction of sp³-hybridized carbons (Fsp3) is 0.105. The zero-order chi connectivity index (χ0) is 17.2. The lowest BCUT2D eigenvalue weighted by Crippen LogP contribution is -2.03. The lowest BCUT2D eigenvalue weighted by atomic mass is 10.2. The van der Waals surface area contributed by atoms with Gasteiger partial charge in [-0.1, -0.05) is 18.2 Å². The van der Waals surface area contributed by atoms with Gasteiger partial charge in [0.1, 0.15) is 11.3 Å². The summed E-state index contributed by atoms with van der Waals surface area (Å²) in [5, 5.41) is 8.93. The van der Waals surface area contributed by atoms with E-state index < -0.39 is 11.7 Å². The third-order valence-corrected chi connectivity index (χ3v) is 3.72. The average molecular weight is 334 g/mol. The predicted molar refractivity (Wildman–Crippen MR) is 91.3 cm³/mol. The average Bonchev–Trinajstić information content (AvgIpc) is 3.12.